The van der Waals surface area contributed by atoms with Crippen molar-refractivity contribution in [2.75, 3.05) is 0 Å². The first-order valence-electron chi connectivity index (χ1n) is 14.8. The minimum Gasteiger partial charge on any atom is -0.296 e. The molecular weight excluding hydrogens is 448 g/mol. The van der Waals surface area contributed by atoms with Crippen molar-refractivity contribution in [2.24, 2.45) is 0 Å². The number of hydrogen-bond donors (Lipinski definition) is 0. The van der Waals surface area contributed by atoms with Crippen LogP contribution in [0.3, 0.4) is 0 Å². The molecule has 0 fully saturated rings. The van der Waals surface area contributed by atoms with Crippen LogP contribution >= 0.6 is 0 Å². The second kappa shape index (κ2) is 8.76. The van der Waals surface area contributed by atoms with E-state index in [1.165, 1.54) is 0 Å². The van der Waals surface area contributed by atoms with Crippen LogP contribution in [0.15, 0.2) is 127 Å². The first-order valence-corrected chi connectivity index (χ1v) is 12.3. The lowest BCUT2D eigenvalue weighted by Gasteiger charge is -2.20. The highest BCUT2D eigenvalue weighted by molar-refractivity contribution is 6.22. The molecule has 2 nitrogen and oxygen atoms in total. The summed E-state index contributed by atoms with van der Waals surface area (Å²) in [6.45, 7) is -2.92. The van der Waals surface area contributed by atoms with Gasteiger partial charge in [-0.3, -0.25) is 4.57 Å². The van der Waals surface area contributed by atoms with E-state index in [2.05, 4.69) is 41.4 Å². The quantitative estimate of drug-likeness (QED) is 0.230. The van der Waals surface area contributed by atoms with E-state index in [0.29, 0.717) is 16.7 Å². The fourth-order valence-corrected chi connectivity index (χ4v) is 5.57. The molecule has 7 aromatic rings. The van der Waals surface area contributed by atoms with Crippen LogP contribution in [0.25, 0.3) is 60.5 Å². The Hall–Kier alpha value is -4.69. The van der Waals surface area contributed by atoms with Gasteiger partial charge in [-0.05, 0) is 56.4 Å². The van der Waals surface area contributed by atoms with Gasteiger partial charge >= 0.3 is 0 Å². The molecule has 0 radical (unpaired) electrons. The molecule has 0 amide bonds. The van der Waals surface area contributed by atoms with Crippen LogP contribution in [0.4, 0.5) is 0 Å². The number of aryl methyl sites for hydroxylation is 1. The molecule has 6 aromatic carbocycles. The van der Waals surface area contributed by atoms with Crippen LogP contribution in [0.2, 0.25) is 0 Å². The standard InChI is InChI=1S/C35H26N2/c1-2-33-36-30-21-11-13-23-32(30)37(33)31-22-12-10-20-29(31)35-27-18-8-6-16-25(27)34(24-14-4-3-5-15-24)26-17-7-9-19-28(26)35/h3-23H,2H2,1H3/i1D3,2D2. The van der Waals surface area contributed by atoms with Gasteiger partial charge in [0.05, 0.1) is 16.7 Å². The zero-order chi connectivity index (χ0) is 29.1. The Morgan fingerprint density at radius 1 is 0.622 bits per heavy atom. The number of rotatable bonds is 4. The summed E-state index contributed by atoms with van der Waals surface area (Å²) in [4.78, 5) is 4.57. The number of imidazole rings is 1. The minimum atomic E-state index is -2.92. The SMILES string of the molecule is [2H]C([2H])([2H])C([2H])([2H])c1nc2ccccc2n1-c1ccccc1-c1c2ccccc2c(-c2ccccc2)c2ccccc12. The minimum absolute atomic E-state index is 0.148. The van der Waals surface area contributed by atoms with Gasteiger partial charge in [-0.1, -0.05) is 116 Å². The lowest BCUT2D eigenvalue weighted by atomic mass is 9.85. The molecule has 0 spiro atoms. The monoisotopic (exact) mass is 479 g/mol. The summed E-state index contributed by atoms with van der Waals surface area (Å²) in [5.74, 6) is -0.148. The molecule has 0 atom stereocenters. The van der Waals surface area contributed by atoms with Crippen LogP contribution < -0.4 is 0 Å². The number of nitrogens with zero attached hydrogens (tertiary/aromatic N) is 2. The van der Waals surface area contributed by atoms with Gasteiger partial charge in [0.15, 0.2) is 0 Å². The van der Waals surface area contributed by atoms with E-state index in [0.717, 1.165) is 43.8 Å². The maximum absolute atomic E-state index is 8.72. The van der Waals surface area contributed by atoms with Gasteiger partial charge < -0.3 is 0 Å². The molecule has 0 aliphatic rings. The molecule has 2 heteroatoms. The van der Waals surface area contributed by atoms with E-state index in [-0.39, 0.29) is 5.82 Å². The third kappa shape index (κ3) is 3.37. The number of benzene rings is 6. The molecular formula is C35H26N2. The molecule has 1 aromatic heterocycles. The third-order valence-corrected chi connectivity index (χ3v) is 7.08. The smallest absolute Gasteiger partial charge is 0.114 e. The fraction of sp³-hybridized carbons (Fsp3) is 0.0571. The number of aromatic nitrogens is 2. The van der Waals surface area contributed by atoms with Crippen LogP contribution in [0.1, 0.15) is 19.5 Å². The Morgan fingerprint density at radius 2 is 1.19 bits per heavy atom. The Morgan fingerprint density at radius 3 is 1.89 bits per heavy atom. The number of hydrogen-bond acceptors (Lipinski definition) is 1. The van der Waals surface area contributed by atoms with Crippen molar-refractivity contribution in [2.45, 2.75) is 13.2 Å². The van der Waals surface area contributed by atoms with Gasteiger partial charge in [-0.15, -0.1) is 0 Å². The highest BCUT2D eigenvalue weighted by atomic mass is 15.1. The third-order valence-electron chi connectivity index (χ3n) is 7.08. The molecule has 1 heterocycles. The summed E-state index contributed by atoms with van der Waals surface area (Å²) in [6, 6.07) is 42.2. The molecule has 176 valence electrons. The average Bonchev–Trinajstić information content (AvgIpc) is 3.40. The Bertz CT molecular complexity index is 2050. The van der Waals surface area contributed by atoms with E-state index in [4.69, 9.17) is 6.85 Å². The lowest BCUT2D eigenvalue weighted by molar-refractivity contribution is 0.909. The Balaban J connectivity index is 1.63. The zero-order valence-corrected chi connectivity index (χ0v) is 20.0. The van der Waals surface area contributed by atoms with Gasteiger partial charge in [0.2, 0.25) is 0 Å². The van der Waals surface area contributed by atoms with Gasteiger partial charge in [-0.25, -0.2) is 4.98 Å². The first-order chi connectivity index (χ1) is 20.3. The fourth-order valence-electron chi connectivity index (χ4n) is 5.57. The molecule has 0 aliphatic carbocycles. The summed E-state index contributed by atoms with van der Waals surface area (Å²) >= 11 is 0. The molecule has 0 N–H and O–H groups in total. The summed E-state index contributed by atoms with van der Waals surface area (Å²) in [6.07, 6.45) is -2.69. The highest BCUT2D eigenvalue weighted by Gasteiger charge is 2.20. The molecule has 0 saturated heterocycles. The summed E-state index contributed by atoms with van der Waals surface area (Å²) in [7, 11) is 0. The van der Waals surface area contributed by atoms with Crippen molar-refractivity contribution in [1.29, 1.82) is 0 Å². The molecule has 7 rings (SSSR count). The van der Waals surface area contributed by atoms with Gasteiger partial charge in [0.25, 0.3) is 0 Å². The van der Waals surface area contributed by atoms with Gasteiger partial charge in [0.1, 0.15) is 5.82 Å². The molecule has 0 aliphatic heterocycles. The van der Waals surface area contributed by atoms with Crippen LogP contribution in [0, 0.1) is 0 Å². The van der Waals surface area contributed by atoms with E-state index in [9.17, 15) is 0 Å². The van der Waals surface area contributed by atoms with Crippen molar-refractivity contribution in [3.05, 3.63) is 133 Å². The summed E-state index contributed by atoms with van der Waals surface area (Å²) < 4.78 is 43.3. The molecule has 0 bridgehead atoms. The Kier molecular flexibility index (Phi) is 4.00. The molecule has 0 saturated carbocycles. The van der Waals surface area contributed by atoms with Crippen molar-refractivity contribution in [3.8, 4) is 27.9 Å². The maximum atomic E-state index is 8.72. The molecule has 37 heavy (non-hydrogen) atoms. The predicted octanol–water partition coefficient (Wildman–Crippen LogP) is 9.23. The van der Waals surface area contributed by atoms with Crippen LogP contribution in [0.5, 0.6) is 0 Å². The van der Waals surface area contributed by atoms with Crippen LogP contribution in [-0.4, -0.2) is 9.55 Å². The first kappa shape index (κ1) is 16.9. The van der Waals surface area contributed by atoms with Crippen molar-refractivity contribution < 1.29 is 6.85 Å². The number of fused-ring (bicyclic) bond motifs is 3. The lowest BCUT2D eigenvalue weighted by Crippen LogP contribution is -2.03. The van der Waals surface area contributed by atoms with Gasteiger partial charge in [0, 0.05) is 18.8 Å². The Labute approximate surface area is 223 Å². The number of para-hydroxylation sites is 3. The average molecular weight is 480 g/mol. The molecule has 0 unspecified atom stereocenters. The van der Waals surface area contributed by atoms with Crippen molar-refractivity contribution in [3.63, 3.8) is 0 Å². The largest absolute Gasteiger partial charge is 0.296 e. The van der Waals surface area contributed by atoms with E-state index in [1.54, 1.807) is 10.6 Å². The van der Waals surface area contributed by atoms with Crippen molar-refractivity contribution >= 4 is 32.6 Å². The predicted molar refractivity (Wildman–Crippen MR) is 156 cm³/mol. The second-order valence-corrected chi connectivity index (χ2v) is 9.11. The van der Waals surface area contributed by atoms with Crippen molar-refractivity contribution in [1.82, 2.24) is 9.55 Å². The highest BCUT2D eigenvalue weighted by Crippen LogP contribution is 2.45. The summed E-state index contributed by atoms with van der Waals surface area (Å²) in [5, 5.41) is 4.29. The van der Waals surface area contributed by atoms with E-state index in [1.807, 2.05) is 84.9 Å². The zero-order valence-electron chi connectivity index (χ0n) is 25.0. The normalized spacial score (nSPS) is 14.2. The topological polar surface area (TPSA) is 17.8 Å². The second-order valence-electron chi connectivity index (χ2n) is 9.11. The summed E-state index contributed by atoms with van der Waals surface area (Å²) in [5.41, 5.74) is 5.96. The van der Waals surface area contributed by atoms with E-state index < -0.39 is 13.2 Å². The van der Waals surface area contributed by atoms with Crippen LogP contribution in [-0.2, 0) is 6.37 Å². The van der Waals surface area contributed by atoms with Gasteiger partial charge in [-0.2, -0.15) is 0 Å². The maximum Gasteiger partial charge on any atom is 0.114 e. The van der Waals surface area contributed by atoms with E-state index >= 15 is 0 Å².